The van der Waals surface area contributed by atoms with E-state index in [2.05, 4.69) is 32.6 Å². The van der Waals surface area contributed by atoms with Crippen molar-refractivity contribution in [1.82, 2.24) is 14.8 Å². The van der Waals surface area contributed by atoms with Gasteiger partial charge in [-0.25, -0.2) is 4.99 Å². The van der Waals surface area contributed by atoms with Crippen molar-refractivity contribution >= 4 is 17.4 Å². The number of isothiocyanates is 1. The van der Waals surface area contributed by atoms with Gasteiger partial charge in [0.2, 0.25) is 0 Å². The van der Waals surface area contributed by atoms with Crippen LogP contribution in [0.25, 0.3) is 0 Å². The quantitative estimate of drug-likeness (QED) is 0.497. The van der Waals surface area contributed by atoms with Crippen LogP contribution in [-0.2, 0) is 13.1 Å². The Kier molecular flexibility index (Phi) is 2.89. The van der Waals surface area contributed by atoms with Crippen LogP contribution in [0.4, 0.5) is 0 Å². The highest BCUT2D eigenvalue weighted by Gasteiger charge is 1.98. The summed E-state index contributed by atoms with van der Waals surface area (Å²) in [7, 11) is 0. The highest BCUT2D eigenvalue weighted by atomic mass is 32.1. The Morgan fingerprint density at radius 1 is 1.82 bits per heavy atom. The molecule has 1 rings (SSSR count). The third-order valence-electron chi connectivity index (χ3n) is 1.32. The third kappa shape index (κ3) is 1.93. The number of thiocarbonyl (C=S) groups is 1. The van der Waals surface area contributed by atoms with Crippen molar-refractivity contribution < 1.29 is 0 Å². The van der Waals surface area contributed by atoms with Gasteiger partial charge in [-0.3, -0.25) is 0 Å². The molecule has 0 radical (unpaired) electrons. The average molecular weight is 168 g/mol. The van der Waals surface area contributed by atoms with Gasteiger partial charge in [0.05, 0.1) is 5.16 Å². The van der Waals surface area contributed by atoms with E-state index in [9.17, 15) is 0 Å². The van der Waals surface area contributed by atoms with E-state index in [1.807, 2.05) is 11.5 Å². The Morgan fingerprint density at radius 2 is 2.64 bits per heavy atom. The Morgan fingerprint density at radius 3 is 3.27 bits per heavy atom. The van der Waals surface area contributed by atoms with E-state index >= 15 is 0 Å². The Hall–Kier alpha value is -1.06. The zero-order valence-electron chi connectivity index (χ0n) is 6.19. The van der Waals surface area contributed by atoms with Gasteiger partial charge >= 0.3 is 0 Å². The van der Waals surface area contributed by atoms with E-state index in [-0.39, 0.29) is 0 Å². The van der Waals surface area contributed by atoms with Gasteiger partial charge < -0.3 is 4.57 Å². The van der Waals surface area contributed by atoms with E-state index in [4.69, 9.17) is 0 Å². The van der Waals surface area contributed by atoms with Crippen molar-refractivity contribution in [2.75, 3.05) is 0 Å². The summed E-state index contributed by atoms with van der Waals surface area (Å²) in [5.74, 6) is 0.824. The first kappa shape index (κ1) is 8.04. The van der Waals surface area contributed by atoms with E-state index in [0.29, 0.717) is 6.54 Å². The normalized spacial score (nSPS) is 9.18. The molecule has 0 aromatic carbocycles. The average Bonchev–Trinajstić information content (AvgIpc) is 2.47. The lowest BCUT2D eigenvalue weighted by Crippen LogP contribution is -1.98. The van der Waals surface area contributed by atoms with Crippen LogP contribution < -0.4 is 0 Å². The first-order valence-electron chi connectivity index (χ1n) is 3.28. The fourth-order valence-electron chi connectivity index (χ4n) is 0.768. The van der Waals surface area contributed by atoms with E-state index in [1.54, 1.807) is 6.33 Å². The molecular formula is C6H8N4S. The number of hydrogen-bond donors (Lipinski definition) is 0. The number of nitrogens with zero attached hydrogens (tertiary/aromatic N) is 4. The topological polar surface area (TPSA) is 43.1 Å². The third-order valence-corrected chi connectivity index (χ3v) is 1.45. The maximum absolute atomic E-state index is 4.43. The minimum Gasteiger partial charge on any atom is -0.316 e. The molecule has 4 nitrogen and oxygen atoms in total. The van der Waals surface area contributed by atoms with Crippen molar-refractivity contribution in [2.24, 2.45) is 4.99 Å². The molecule has 1 aromatic rings. The highest BCUT2D eigenvalue weighted by molar-refractivity contribution is 7.78. The van der Waals surface area contributed by atoms with Crippen LogP contribution >= 0.6 is 12.2 Å². The molecule has 58 valence electrons. The van der Waals surface area contributed by atoms with Crippen molar-refractivity contribution in [3.8, 4) is 0 Å². The maximum Gasteiger partial charge on any atom is 0.155 e. The lowest BCUT2D eigenvalue weighted by molar-refractivity contribution is 0.700. The van der Waals surface area contributed by atoms with Crippen LogP contribution in [0.3, 0.4) is 0 Å². The van der Waals surface area contributed by atoms with Gasteiger partial charge in [-0.15, -0.1) is 10.2 Å². The minimum absolute atomic E-state index is 0.470. The van der Waals surface area contributed by atoms with Crippen LogP contribution in [0.15, 0.2) is 11.3 Å². The molecule has 1 heterocycles. The van der Waals surface area contributed by atoms with Gasteiger partial charge in [0, 0.05) is 6.54 Å². The second kappa shape index (κ2) is 3.95. The predicted octanol–water partition coefficient (Wildman–Crippen LogP) is 0.901. The van der Waals surface area contributed by atoms with Gasteiger partial charge in [-0.2, -0.15) is 0 Å². The molecule has 0 bridgehead atoms. The second-order valence-electron chi connectivity index (χ2n) is 1.94. The van der Waals surface area contributed by atoms with Gasteiger partial charge in [-0.1, -0.05) is 0 Å². The van der Waals surface area contributed by atoms with Crippen molar-refractivity contribution in [1.29, 1.82) is 0 Å². The molecule has 1 aromatic heterocycles. The second-order valence-corrected chi connectivity index (χ2v) is 2.12. The smallest absolute Gasteiger partial charge is 0.155 e. The largest absolute Gasteiger partial charge is 0.316 e. The minimum atomic E-state index is 0.470. The summed E-state index contributed by atoms with van der Waals surface area (Å²) in [6, 6.07) is 0. The number of rotatable bonds is 3. The van der Waals surface area contributed by atoms with Crippen LogP contribution in [0.2, 0.25) is 0 Å². The molecule has 0 aliphatic heterocycles. The molecule has 0 saturated heterocycles. The van der Waals surface area contributed by atoms with Crippen LogP contribution in [0, 0.1) is 0 Å². The molecule has 11 heavy (non-hydrogen) atoms. The zero-order chi connectivity index (χ0) is 8.10. The molecule has 0 saturated carbocycles. The van der Waals surface area contributed by atoms with E-state index in [1.165, 1.54) is 0 Å². The summed E-state index contributed by atoms with van der Waals surface area (Å²) in [6.07, 6.45) is 1.67. The lowest BCUT2D eigenvalue weighted by Gasteiger charge is -1.96. The monoisotopic (exact) mass is 168 g/mol. The van der Waals surface area contributed by atoms with Crippen molar-refractivity contribution in [2.45, 2.75) is 20.0 Å². The maximum atomic E-state index is 4.43. The number of aryl methyl sites for hydroxylation is 1. The summed E-state index contributed by atoms with van der Waals surface area (Å²) < 4.78 is 1.91. The van der Waals surface area contributed by atoms with Crippen LogP contribution in [-0.4, -0.2) is 19.9 Å². The molecular weight excluding hydrogens is 160 g/mol. The van der Waals surface area contributed by atoms with Crippen molar-refractivity contribution in [3.63, 3.8) is 0 Å². The molecule has 0 unspecified atom stereocenters. The van der Waals surface area contributed by atoms with Gasteiger partial charge in [-0.05, 0) is 19.1 Å². The number of aromatic nitrogens is 3. The SMILES string of the molecule is CCn1cnnc1CN=C=S. The van der Waals surface area contributed by atoms with E-state index < -0.39 is 0 Å². The number of aliphatic imine (C=N–C) groups is 1. The molecule has 0 aliphatic rings. The first-order chi connectivity index (χ1) is 5.38. The first-order valence-corrected chi connectivity index (χ1v) is 3.69. The van der Waals surface area contributed by atoms with Gasteiger partial charge in [0.15, 0.2) is 5.82 Å². The molecule has 0 amide bonds. The Labute approximate surface area is 70.0 Å². The van der Waals surface area contributed by atoms with Gasteiger partial charge in [0.25, 0.3) is 0 Å². The molecule has 0 aliphatic carbocycles. The fraction of sp³-hybridized carbons (Fsp3) is 0.500. The summed E-state index contributed by atoms with van der Waals surface area (Å²) in [4.78, 5) is 3.76. The fourth-order valence-corrected chi connectivity index (χ4v) is 0.833. The summed E-state index contributed by atoms with van der Waals surface area (Å²) >= 11 is 4.43. The summed E-state index contributed by atoms with van der Waals surface area (Å²) in [6.45, 7) is 3.35. The van der Waals surface area contributed by atoms with E-state index in [0.717, 1.165) is 12.4 Å². The predicted molar refractivity (Wildman–Crippen MR) is 44.4 cm³/mol. The molecule has 0 atom stereocenters. The standard InChI is InChI=1S/C6H8N4S/c1-2-10-4-8-9-6(10)3-7-5-11/h4H,2-3H2,1H3. The lowest BCUT2D eigenvalue weighted by atomic mass is 10.6. The summed E-state index contributed by atoms with van der Waals surface area (Å²) in [5, 5.41) is 9.88. The molecule has 0 fully saturated rings. The van der Waals surface area contributed by atoms with Crippen LogP contribution in [0.1, 0.15) is 12.7 Å². The molecule has 0 spiro atoms. The Bertz CT molecular complexity index is 274. The molecule has 0 N–H and O–H groups in total. The summed E-state index contributed by atoms with van der Waals surface area (Å²) in [5.41, 5.74) is 0. The molecule has 5 heteroatoms. The Balaban J connectivity index is 2.75. The number of hydrogen-bond acceptors (Lipinski definition) is 4. The van der Waals surface area contributed by atoms with Crippen LogP contribution in [0.5, 0.6) is 0 Å². The zero-order valence-corrected chi connectivity index (χ0v) is 7.01. The van der Waals surface area contributed by atoms with Crippen molar-refractivity contribution in [3.05, 3.63) is 12.2 Å². The highest BCUT2D eigenvalue weighted by Crippen LogP contribution is 1.95. The van der Waals surface area contributed by atoms with Gasteiger partial charge in [0.1, 0.15) is 12.9 Å².